The minimum atomic E-state index is -0.352. The van der Waals surface area contributed by atoms with Gasteiger partial charge >= 0.3 is 0 Å². The predicted octanol–water partition coefficient (Wildman–Crippen LogP) is 3.02. The van der Waals surface area contributed by atoms with Crippen LogP contribution in [0.5, 0.6) is 11.5 Å². The Morgan fingerprint density at radius 2 is 1.67 bits per heavy atom. The zero-order valence-corrected chi connectivity index (χ0v) is 17.4. The monoisotopic (exact) mass is 409 g/mol. The van der Waals surface area contributed by atoms with E-state index in [4.69, 9.17) is 14.2 Å². The number of ether oxygens (including phenoxy) is 3. The molecule has 2 aliphatic rings. The molecular formula is C24H27NO5. The molecule has 0 spiro atoms. The van der Waals surface area contributed by atoms with E-state index in [9.17, 15) is 9.59 Å². The van der Waals surface area contributed by atoms with Crippen LogP contribution in [0.4, 0.5) is 0 Å². The lowest BCUT2D eigenvalue weighted by molar-refractivity contribution is -0.147. The molecular weight excluding hydrogens is 382 g/mol. The lowest BCUT2D eigenvalue weighted by Crippen LogP contribution is -2.50. The minimum absolute atomic E-state index is 0.0672. The fourth-order valence-electron chi connectivity index (χ4n) is 4.39. The third kappa shape index (κ3) is 4.33. The van der Waals surface area contributed by atoms with Crippen molar-refractivity contribution in [3.63, 3.8) is 0 Å². The van der Waals surface area contributed by atoms with Gasteiger partial charge in [0.05, 0.1) is 33.0 Å². The zero-order chi connectivity index (χ0) is 21.1. The normalized spacial score (nSPS) is 23.4. The van der Waals surface area contributed by atoms with E-state index in [1.54, 1.807) is 19.1 Å². The number of ketones is 1. The third-order valence-corrected chi connectivity index (χ3v) is 5.94. The Hall–Kier alpha value is -2.86. The summed E-state index contributed by atoms with van der Waals surface area (Å²) in [7, 11) is 3.22. The Balaban J connectivity index is 1.39. The van der Waals surface area contributed by atoms with Crippen LogP contribution >= 0.6 is 0 Å². The summed E-state index contributed by atoms with van der Waals surface area (Å²) >= 11 is 0. The smallest absolute Gasteiger partial charge is 0.227 e. The molecule has 158 valence electrons. The van der Waals surface area contributed by atoms with Gasteiger partial charge in [-0.05, 0) is 29.7 Å². The number of carbonyl (C=O) groups is 2. The van der Waals surface area contributed by atoms with Gasteiger partial charge in [-0.2, -0.15) is 0 Å². The maximum atomic E-state index is 13.0. The second kappa shape index (κ2) is 8.88. The van der Waals surface area contributed by atoms with Crippen LogP contribution in [0.25, 0.3) is 0 Å². The number of Topliss-reactive ketones (excluding diaryl/α,β-unsaturated/α-hetero) is 1. The molecule has 0 saturated carbocycles. The van der Waals surface area contributed by atoms with Gasteiger partial charge in [0, 0.05) is 31.4 Å². The molecule has 30 heavy (non-hydrogen) atoms. The number of benzene rings is 2. The Labute approximate surface area is 176 Å². The number of carbonyl (C=O) groups excluding carboxylic acids is 2. The van der Waals surface area contributed by atoms with Gasteiger partial charge in [0.2, 0.25) is 5.91 Å². The molecule has 6 heteroatoms. The molecule has 2 aliphatic heterocycles. The van der Waals surface area contributed by atoms with Gasteiger partial charge in [0.1, 0.15) is 11.5 Å². The summed E-state index contributed by atoms with van der Waals surface area (Å²) < 4.78 is 16.7. The van der Waals surface area contributed by atoms with Crippen molar-refractivity contribution in [2.24, 2.45) is 5.92 Å². The van der Waals surface area contributed by atoms with Crippen molar-refractivity contribution in [2.45, 2.75) is 38.0 Å². The molecule has 2 heterocycles. The molecule has 2 aromatic rings. The van der Waals surface area contributed by atoms with Crippen molar-refractivity contribution in [1.29, 1.82) is 0 Å². The molecule has 0 N–H and O–H groups in total. The van der Waals surface area contributed by atoms with Crippen molar-refractivity contribution in [3.05, 3.63) is 59.7 Å². The fourth-order valence-corrected chi connectivity index (χ4v) is 4.39. The van der Waals surface area contributed by atoms with E-state index in [0.717, 1.165) is 11.1 Å². The lowest BCUT2D eigenvalue weighted by atomic mass is 9.87. The van der Waals surface area contributed by atoms with Crippen LogP contribution in [-0.2, 0) is 27.4 Å². The van der Waals surface area contributed by atoms with E-state index in [2.05, 4.69) is 0 Å². The van der Waals surface area contributed by atoms with Crippen LogP contribution in [0, 0.1) is 5.92 Å². The quantitative estimate of drug-likeness (QED) is 0.703. The average Bonchev–Trinajstić information content (AvgIpc) is 3.21. The molecule has 3 atom stereocenters. The van der Waals surface area contributed by atoms with Crippen molar-refractivity contribution in [2.75, 3.05) is 20.8 Å². The Kier molecular flexibility index (Phi) is 6.04. The average molecular weight is 409 g/mol. The van der Waals surface area contributed by atoms with Crippen LogP contribution < -0.4 is 9.47 Å². The van der Waals surface area contributed by atoms with Crippen molar-refractivity contribution in [3.8, 4) is 11.5 Å². The van der Waals surface area contributed by atoms with Crippen LogP contribution in [0.2, 0.25) is 0 Å². The summed E-state index contributed by atoms with van der Waals surface area (Å²) in [6.07, 6.45) is 1.32. The number of nitrogens with zero attached hydrogens (tertiary/aromatic N) is 1. The van der Waals surface area contributed by atoms with Gasteiger partial charge in [0.15, 0.2) is 5.78 Å². The first kappa shape index (κ1) is 20.4. The van der Waals surface area contributed by atoms with Gasteiger partial charge in [-0.25, -0.2) is 0 Å². The van der Waals surface area contributed by atoms with Crippen LogP contribution in [0.3, 0.4) is 0 Å². The lowest BCUT2D eigenvalue weighted by Gasteiger charge is -2.33. The van der Waals surface area contributed by atoms with Crippen molar-refractivity contribution >= 4 is 11.7 Å². The standard InChI is InChI=1S/C24H27NO5/c1-28-19-9-17(10-20(12-19)29-2)15-30-21-13-22-23(26)11-18(24(27)25(22)14-21)8-16-6-4-3-5-7-16/h3-7,9-10,12,18,21-22H,8,11,13-15H2,1-2H3/t18-,21-,22+/m1/s1. The number of rotatable bonds is 7. The van der Waals surface area contributed by atoms with Crippen molar-refractivity contribution in [1.82, 2.24) is 4.90 Å². The van der Waals surface area contributed by atoms with Crippen LogP contribution in [-0.4, -0.2) is 49.5 Å². The second-order valence-electron chi connectivity index (χ2n) is 7.95. The topological polar surface area (TPSA) is 65.1 Å². The Bertz CT molecular complexity index is 891. The molecule has 2 fully saturated rings. The minimum Gasteiger partial charge on any atom is -0.497 e. The van der Waals surface area contributed by atoms with E-state index >= 15 is 0 Å². The largest absolute Gasteiger partial charge is 0.497 e. The molecule has 2 aromatic carbocycles. The SMILES string of the molecule is COc1cc(CO[C@@H]2C[C@H]3C(=O)C[C@@H](Cc4ccccc4)C(=O)N3C2)cc(OC)c1. The summed E-state index contributed by atoms with van der Waals surface area (Å²) in [6.45, 7) is 0.830. The van der Waals surface area contributed by atoms with Crippen LogP contribution in [0.15, 0.2) is 48.5 Å². The molecule has 4 rings (SSSR count). The van der Waals surface area contributed by atoms with E-state index in [1.165, 1.54) is 0 Å². The maximum absolute atomic E-state index is 13.0. The van der Waals surface area contributed by atoms with Crippen LogP contribution in [0.1, 0.15) is 24.0 Å². The van der Waals surface area contributed by atoms with Gasteiger partial charge in [-0.3, -0.25) is 9.59 Å². The summed E-state index contributed by atoms with van der Waals surface area (Å²) in [5.41, 5.74) is 2.01. The third-order valence-electron chi connectivity index (χ3n) is 5.94. The fraction of sp³-hybridized carbons (Fsp3) is 0.417. The number of methoxy groups -OCH3 is 2. The summed E-state index contributed by atoms with van der Waals surface area (Å²) in [6, 6.07) is 15.1. The molecule has 6 nitrogen and oxygen atoms in total. The van der Waals surface area contributed by atoms with Gasteiger partial charge in [-0.15, -0.1) is 0 Å². The molecule has 2 saturated heterocycles. The highest BCUT2D eigenvalue weighted by Gasteiger charge is 2.46. The highest BCUT2D eigenvalue weighted by molar-refractivity contribution is 5.97. The molecule has 0 aromatic heterocycles. The Morgan fingerprint density at radius 3 is 2.33 bits per heavy atom. The molecule has 1 amide bonds. The molecule has 0 radical (unpaired) electrons. The number of hydrogen-bond donors (Lipinski definition) is 0. The van der Waals surface area contributed by atoms with E-state index in [0.29, 0.717) is 43.9 Å². The zero-order valence-electron chi connectivity index (χ0n) is 17.4. The maximum Gasteiger partial charge on any atom is 0.227 e. The second-order valence-corrected chi connectivity index (χ2v) is 7.95. The highest BCUT2D eigenvalue weighted by Crippen LogP contribution is 2.32. The number of piperidine rings is 1. The first-order chi connectivity index (χ1) is 14.6. The number of fused-ring (bicyclic) bond motifs is 1. The first-order valence-corrected chi connectivity index (χ1v) is 10.3. The van der Waals surface area contributed by atoms with Crippen molar-refractivity contribution < 1.29 is 23.8 Å². The summed E-state index contributed by atoms with van der Waals surface area (Å²) in [4.78, 5) is 27.5. The highest BCUT2D eigenvalue weighted by atomic mass is 16.5. The molecule has 0 bridgehead atoms. The summed E-state index contributed by atoms with van der Waals surface area (Å²) in [5, 5.41) is 0. The first-order valence-electron chi connectivity index (χ1n) is 10.3. The van der Waals surface area contributed by atoms with E-state index in [-0.39, 0.29) is 29.8 Å². The number of hydrogen-bond acceptors (Lipinski definition) is 5. The predicted molar refractivity (Wildman–Crippen MR) is 112 cm³/mol. The molecule has 0 unspecified atom stereocenters. The molecule has 0 aliphatic carbocycles. The number of amides is 1. The van der Waals surface area contributed by atoms with Gasteiger partial charge in [0.25, 0.3) is 0 Å². The van der Waals surface area contributed by atoms with Gasteiger partial charge in [-0.1, -0.05) is 30.3 Å². The van der Waals surface area contributed by atoms with Gasteiger partial charge < -0.3 is 19.1 Å². The van der Waals surface area contributed by atoms with E-state index in [1.807, 2.05) is 48.5 Å². The Morgan fingerprint density at radius 1 is 0.967 bits per heavy atom. The van der Waals surface area contributed by atoms with E-state index < -0.39 is 0 Å². The summed E-state index contributed by atoms with van der Waals surface area (Å²) in [5.74, 6) is 1.33.